The summed E-state index contributed by atoms with van der Waals surface area (Å²) in [4.78, 5) is 22.1. The first-order valence-electron chi connectivity index (χ1n) is 6.18. The Hall–Kier alpha value is -2.76. The van der Waals surface area contributed by atoms with Gasteiger partial charge in [0.25, 0.3) is 5.69 Å². The van der Waals surface area contributed by atoms with Gasteiger partial charge in [-0.15, -0.1) is 0 Å². The van der Waals surface area contributed by atoms with Gasteiger partial charge in [-0.3, -0.25) is 14.9 Å². The first-order valence-corrected chi connectivity index (χ1v) is 6.18. The number of hydrogen-bond donors (Lipinski definition) is 0. The number of non-ortho nitro benzene ring substituents is 1. The molecule has 0 saturated heterocycles. The first-order chi connectivity index (χ1) is 9.97. The Morgan fingerprint density at radius 3 is 2.24 bits per heavy atom. The van der Waals surface area contributed by atoms with Gasteiger partial charge in [0.05, 0.1) is 4.92 Å². The van der Waals surface area contributed by atoms with Gasteiger partial charge in [0, 0.05) is 17.7 Å². The van der Waals surface area contributed by atoms with E-state index < -0.39 is 16.8 Å². The van der Waals surface area contributed by atoms with Crippen molar-refractivity contribution < 1.29 is 18.8 Å². The number of nitrogens with zero attached hydrogens (tertiary/aromatic N) is 1. The molecule has 0 spiro atoms. The van der Waals surface area contributed by atoms with Gasteiger partial charge in [0.1, 0.15) is 11.6 Å². The van der Waals surface area contributed by atoms with Gasteiger partial charge in [-0.05, 0) is 43.3 Å². The summed E-state index contributed by atoms with van der Waals surface area (Å²) in [5, 5.41) is 10.5. The second-order valence-corrected chi connectivity index (χ2v) is 4.38. The van der Waals surface area contributed by atoms with Crippen molar-refractivity contribution in [2.75, 3.05) is 0 Å². The van der Waals surface area contributed by atoms with Gasteiger partial charge in [0.15, 0.2) is 6.10 Å². The van der Waals surface area contributed by atoms with Crippen molar-refractivity contribution >= 4 is 11.5 Å². The zero-order valence-corrected chi connectivity index (χ0v) is 11.2. The van der Waals surface area contributed by atoms with Gasteiger partial charge in [-0.2, -0.15) is 0 Å². The number of Topliss-reactive ketones (excluding diaryl/α,β-unsaturated/α-hetero) is 1. The Labute approximate surface area is 120 Å². The predicted octanol–water partition coefficient (Wildman–Crippen LogP) is 3.38. The van der Waals surface area contributed by atoms with Crippen molar-refractivity contribution in [2.24, 2.45) is 0 Å². The van der Waals surface area contributed by atoms with Crippen LogP contribution >= 0.6 is 0 Å². The molecule has 0 aliphatic rings. The molecule has 0 aromatic heterocycles. The molecule has 0 bridgehead atoms. The first kappa shape index (κ1) is 14.6. The van der Waals surface area contributed by atoms with Crippen LogP contribution in [0.3, 0.4) is 0 Å². The molecule has 2 aromatic rings. The number of rotatable bonds is 5. The number of benzene rings is 2. The van der Waals surface area contributed by atoms with Crippen LogP contribution in [0.2, 0.25) is 0 Å². The van der Waals surface area contributed by atoms with Crippen LogP contribution < -0.4 is 4.74 Å². The lowest BCUT2D eigenvalue weighted by atomic mass is 10.1. The van der Waals surface area contributed by atoms with Crippen LogP contribution in [0, 0.1) is 15.9 Å². The van der Waals surface area contributed by atoms with Crippen LogP contribution in [-0.4, -0.2) is 16.8 Å². The maximum atomic E-state index is 12.8. The fourth-order valence-electron chi connectivity index (χ4n) is 1.75. The van der Waals surface area contributed by atoms with Gasteiger partial charge >= 0.3 is 0 Å². The van der Waals surface area contributed by atoms with Crippen molar-refractivity contribution in [1.82, 2.24) is 0 Å². The Balaban J connectivity index is 2.06. The van der Waals surface area contributed by atoms with Crippen molar-refractivity contribution in [3.8, 4) is 5.75 Å². The lowest BCUT2D eigenvalue weighted by Crippen LogP contribution is -2.23. The molecule has 108 valence electrons. The molecule has 6 heteroatoms. The van der Waals surface area contributed by atoms with E-state index in [1.54, 1.807) is 6.92 Å². The van der Waals surface area contributed by atoms with Crippen molar-refractivity contribution in [1.29, 1.82) is 0 Å². The third kappa shape index (κ3) is 3.62. The van der Waals surface area contributed by atoms with E-state index in [1.807, 2.05) is 0 Å². The highest BCUT2D eigenvalue weighted by molar-refractivity contribution is 5.99. The van der Waals surface area contributed by atoms with Gasteiger partial charge < -0.3 is 4.74 Å². The minimum absolute atomic E-state index is 0.0557. The molecule has 0 saturated carbocycles. The van der Waals surface area contributed by atoms with Crippen molar-refractivity contribution in [3.05, 3.63) is 70.0 Å². The van der Waals surface area contributed by atoms with Gasteiger partial charge in [-0.1, -0.05) is 0 Å². The molecule has 2 aromatic carbocycles. The third-order valence-electron chi connectivity index (χ3n) is 2.86. The molecule has 0 amide bonds. The highest BCUT2D eigenvalue weighted by Gasteiger charge is 2.17. The molecule has 0 unspecified atom stereocenters. The average Bonchev–Trinajstić information content (AvgIpc) is 2.47. The Morgan fingerprint density at radius 1 is 1.14 bits per heavy atom. The van der Waals surface area contributed by atoms with Crippen LogP contribution in [-0.2, 0) is 0 Å². The molecule has 0 aliphatic carbocycles. The molecule has 0 aliphatic heterocycles. The van der Waals surface area contributed by atoms with Gasteiger partial charge in [0.2, 0.25) is 5.78 Å². The molecule has 0 heterocycles. The fraction of sp³-hybridized carbons (Fsp3) is 0.133. The molecule has 0 radical (unpaired) electrons. The van der Waals surface area contributed by atoms with Crippen LogP contribution in [0.5, 0.6) is 5.75 Å². The summed E-state index contributed by atoms with van der Waals surface area (Å²) in [5.41, 5.74) is 0.283. The highest BCUT2D eigenvalue weighted by atomic mass is 19.1. The van der Waals surface area contributed by atoms with E-state index in [1.165, 1.54) is 48.5 Å². The minimum atomic E-state index is -0.781. The quantitative estimate of drug-likeness (QED) is 0.480. The van der Waals surface area contributed by atoms with Gasteiger partial charge in [-0.25, -0.2) is 4.39 Å². The number of halogens is 1. The number of carbonyl (C=O) groups is 1. The van der Waals surface area contributed by atoms with Crippen LogP contribution in [0.4, 0.5) is 10.1 Å². The van der Waals surface area contributed by atoms with Crippen molar-refractivity contribution in [3.63, 3.8) is 0 Å². The normalized spacial score (nSPS) is 11.7. The summed E-state index contributed by atoms with van der Waals surface area (Å²) < 4.78 is 18.2. The van der Waals surface area contributed by atoms with E-state index in [0.29, 0.717) is 11.3 Å². The number of hydrogen-bond acceptors (Lipinski definition) is 4. The molecular weight excluding hydrogens is 277 g/mol. The predicted molar refractivity (Wildman–Crippen MR) is 73.9 cm³/mol. The number of nitro groups is 1. The smallest absolute Gasteiger partial charge is 0.269 e. The molecular formula is C15H12FNO4. The Kier molecular flexibility index (Phi) is 4.27. The molecule has 1 atom stereocenters. The summed E-state index contributed by atoms with van der Waals surface area (Å²) in [6, 6.07) is 10.6. The molecule has 0 fully saturated rings. The molecule has 5 nitrogen and oxygen atoms in total. The highest BCUT2D eigenvalue weighted by Crippen LogP contribution is 2.19. The zero-order chi connectivity index (χ0) is 15.4. The standard InChI is InChI=1S/C15H12FNO4/c1-10(15(18)11-2-4-12(16)5-3-11)21-14-8-6-13(7-9-14)17(19)20/h2-10H,1H3/t10-/m0/s1. The number of carbonyl (C=O) groups excluding carboxylic acids is 1. The number of ketones is 1. The topological polar surface area (TPSA) is 69.4 Å². The molecule has 2 rings (SSSR count). The maximum Gasteiger partial charge on any atom is 0.269 e. The van der Waals surface area contributed by atoms with E-state index >= 15 is 0 Å². The third-order valence-corrected chi connectivity index (χ3v) is 2.86. The van der Waals surface area contributed by atoms with Crippen molar-refractivity contribution in [2.45, 2.75) is 13.0 Å². The number of ether oxygens (including phenoxy) is 1. The van der Waals surface area contributed by atoms with E-state index in [-0.39, 0.29) is 11.5 Å². The maximum absolute atomic E-state index is 12.8. The SMILES string of the molecule is C[C@H](Oc1ccc([N+](=O)[O-])cc1)C(=O)c1ccc(F)cc1. The summed E-state index contributed by atoms with van der Waals surface area (Å²) in [7, 11) is 0. The second-order valence-electron chi connectivity index (χ2n) is 4.38. The van der Waals surface area contributed by atoms with E-state index in [2.05, 4.69) is 0 Å². The minimum Gasteiger partial charge on any atom is -0.483 e. The van der Waals surface area contributed by atoms with Crippen LogP contribution in [0.1, 0.15) is 17.3 Å². The van der Waals surface area contributed by atoms with E-state index in [4.69, 9.17) is 4.74 Å². The molecule has 0 N–H and O–H groups in total. The average molecular weight is 289 g/mol. The van der Waals surface area contributed by atoms with Crippen LogP contribution in [0.25, 0.3) is 0 Å². The second kappa shape index (κ2) is 6.13. The summed E-state index contributed by atoms with van der Waals surface area (Å²) in [6.07, 6.45) is -0.781. The molecule has 21 heavy (non-hydrogen) atoms. The largest absolute Gasteiger partial charge is 0.483 e. The summed E-state index contributed by atoms with van der Waals surface area (Å²) in [5.74, 6) is -0.368. The summed E-state index contributed by atoms with van der Waals surface area (Å²) >= 11 is 0. The summed E-state index contributed by atoms with van der Waals surface area (Å²) in [6.45, 7) is 1.56. The van der Waals surface area contributed by atoms with Crippen LogP contribution in [0.15, 0.2) is 48.5 Å². The lowest BCUT2D eigenvalue weighted by molar-refractivity contribution is -0.384. The van der Waals surface area contributed by atoms with E-state index in [0.717, 1.165) is 0 Å². The fourth-order valence-corrected chi connectivity index (χ4v) is 1.75. The zero-order valence-electron chi connectivity index (χ0n) is 11.2. The number of nitro benzene ring substituents is 1. The Morgan fingerprint density at radius 2 is 1.71 bits per heavy atom. The lowest BCUT2D eigenvalue weighted by Gasteiger charge is -2.13. The van der Waals surface area contributed by atoms with E-state index in [9.17, 15) is 19.3 Å². The monoisotopic (exact) mass is 289 g/mol. The Bertz CT molecular complexity index is 652.